The molecule has 0 saturated carbocycles. The SMILES string of the molecule is CCc1ccc([C@@H](C)NS(=O)(=O)c2nnc(NC(=O)c3cccc(C)c3)s2)cc1. The van der Waals surface area contributed by atoms with Crippen LogP contribution in [0.2, 0.25) is 0 Å². The normalized spacial score (nSPS) is 12.5. The van der Waals surface area contributed by atoms with Gasteiger partial charge in [0.05, 0.1) is 0 Å². The molecule has 9 heteroatoms. The molecule has 0 aliphatic rings. The molecule has 1 heterocycles. The van der Waals surface area contributed by atoms with E-state index in [9.17, 15) is 13.2 Å². The molecule has 3 aromatic rings. The van der Waals surface area contributed by atoms with Crippen molar-refractivity contribution in [2.75, 3.05) is 5.32 Å². The molecule has 2 N–H and O–H groups in total. The van der Waals surface area contributed by atoms with Crippen molar-refractivity contribution in [2.45, 2.75) is 37.6 Å². The number of sulfonamides is 1. The third-order valence-corrected chi connectivity index (χ3v) is 7.10. The van der Waals surface area contributed by atoms with Gasteiger partial charge in [-0.05, 0) is 43.5 Å². The molecule has 1 aromatic heterocycles. The summed E-state index contributed by atoms with van der Waals surface area (Å²) in [4.78, 5) is 12.3. The average molecular weight is 431 g/mol. The lowest BCUT2D eigenvalue weighted by Crippen LogP contribution is -2.26. The zero-order valence-corrected chi connectivity index (χ0v) is 18.0. The van der Waals surface area contributed by atoms with Crippen molar-refractivity contribution in [2.24, 2.45) is 0 Å². The van der Waals surface area contributed by atoms with E-state index in [1.807, 2.05) is 37.3 Å². The molecule has 0 aliphatic carbocycles. The third-order valence-electron chi connectivity index (χ3n) is 4.36. The molecular weight excluding hydrogens is 408 g/mol. The Morgan fingerprint density at radius 1 is 1.14 bits per heavy atom. The smallest absolute Gasteiger partial charge is 0.270 e. The number of aromatic nitrogens is 2. The Kier molecular flexibility index (Phi) is 6.41. The zero-order valence-electron chi connectivity index (χ0n) is 16.3. The van der Waals surface area contributed by atoms with Crippen molar-refractivity contribution in [1.29, 1.82) is 0 Å². The third kappa shape index (κ3) is 5.26. The van der Waals surface area contributed by atoms with Crippen molar-refractivity contribution in [3.8, 4) is 0 Å². The van der Waals surface area contributed by atoms with Gasteiger partial charge in [-0.3, -0.25) is 10.1 Å². The first-order valence-corrected chi connectivity index (χ1v) is 11.4. The van der Waals surface area contributed by atoms with Crippen LogP contribution in [0.1, 0.15) is 46.9 Å². The first-order valence-electron chi connectivity index (χ1n) is 9.11. The van der Waals surface area contributed by atoms with Crippen molar-refractivity contribution < 1.29 is 13.2 Å². The highest BCUT2D eigenvalue weighted by atomic mass is 32.2. The Labute approximate surface area is 174 Å². The minimum atomic E-state index is -3.87. The Balaban J connectivity index is 1.70. The van der Waals surface area contributed by atoms with Crippen LogP contribution < -0.4 is 10.0 Å². The molecule has 0 unspecified atom stereocenters. The topological polar surface area (TPSA) is 101 Å². The maximum Gasteiger partial charge on any atom is 0.270 e. The molecule has 7 nitrogen and oxygen atoms in total. The lowest BCUT2D eigenvalue weighted by molar-refractivity contribution is 0.102. The largest absolute Gasteiger partial charge is 0.296 e. The number of carbonyl (C=O) groups excluding carboxylic acids is 1. The van der Waals surface area contributed by atoms with E-state index in [1.165, 1.54) is 5.56 Å². The zero-order chi connectivity index (χ0) is 21.0. The maximum absolute atomic E-state index is 12.6. The lowest BCUT2D eigenvalue weighted by Gasteiger charge is -2.13. The second-order valence-corrected chi connectivity index (χ2v) is 9.50. The summed E-state index contributed by atoms with van der Waals surface area (Å²) >= 11 is 0.806. The van der Waals surface area contributed by atoms with Crippen molar-refractivity contribution >= 4 is 32.4 Å². The number of nitrogens with zero attached hydrogens (tertiary/aromatic N) is 2. The second kappa shape index (κ2) is 8.81. The monoisotopic (exact) mass is 430 g/mol. The molecule has 0 fully saturated rings. The average Bonchev–Trinajstić information content (AvgIpc) is 3.17. The van der Waals surface area contributed by atoms with Crippen LogP contribution in [0.4, 0.5) is 5.13 Å². The van der Waals surface area contributed by atoms with Crippen LogP contribution in [0.3, 0.4) is 0 Å². The second-order valence-electron chi connectivity index (χ2n) is 6.63. The van der Waals surface area contributed by atoms with E-state index in [4.69, 9.17) is 0 Å². The van der Waals surface area contributed by atoms with E-state index in [1.54, 1.807) is 25.1 Å². The molecule has 0 saturated heterocycles. The Hall–Kier alpha value is -2.62. The van der Waals surface area contributed by atoms with Gasteiger partial charge in [-0.2, -0.15) is 0 Å². The number of nitrogens with one attached hydrogen (secondary N) is 2. The summed E-state index contributed by atoms with van der Waals surface area (Å²) in [7, 11) is -3.87. The number of anilines is 1. The summed E-state index contributed by atoms with van der Waals surface area (Å²) in [6.07, 6.45) is 0.919. The first-order chi connectivity index (χ1) is 13.8. The fourth-order valence-corrected chi connectivity index (χ4v) is 4.86. The number of benzene rings is 2. The van der Waals surface area contributed by atoms with Crippen LogP contribution in [-0.2, 0) is 16.4 Å². The number of rotatable bonds is 7. The van der Waals surface area contributed by atoms with E-state index in [0.29, 0.717) is 5.56 Å². The van der Waals surface area contributed by atoms with Gasteiger partial charge >= 0.3 is 0 Å². The summed E-state index contributed by atoms with van der Waals surface area (Å²) in [5, 5.41) is 10.2. The van der Waals surface area contributed by atoms with Crippen molar-refractivity contribution in [3.05, 3.63) is 70.8 Å². The highest BCUT2D eigenvalue weighted by molar-refractivity contribution is 7.91. The number of aryl methyl sites for hydroxylation is 2. The molecular formula is C20H22N4O3S2. The summed E-state index contributed by atoms with van der Waals surface area (Å²) in [6.45, 7) is 5.71. The van der Waals surface area contributed by atoms with Crippen molar-refractivity contribution in [1.82, 2.24) is 14.9 Å². The maximum atomic E-state index is 12.6. The molecule has 0 spiro atoms. The summed E-state index contributed by atoms with van der Waals surface area (Å²) in [5.74, 6) is -0.369. The van der Waals surface area contributed by atoms with Crippen LogP contribution in [0, 0.1) is 6.92 Å². The van der Waals surface area contributed by atoms with Gasteiger partial charge in [0.2, 0.25) is 9.47 Å². The minimum Gasteiger partial charge on any atom is -0.296 e. The fourth-order valence-electron chi connectivity index (χ4n) is 2.72. The summed E-state index contributed by atoms with van der Waals surface area (Å²) in [5.41, 5.74) is 3.44. The quantitative estimate of drug-likeness (QED) is 0.557. The van der Waals surface area contributed by atoms with Crippen LogP contribution in [0.25, 0.3) is 0 Å². The van der Waals surface area contributed by atoms with Crippen LogP contribution in [0.15, 0.2) is 52.9 Å². The molecule has 152 valence electrons. The van der Waals surface area contributed by atoms with Gasteiger partial charge in [-0.1, -0.05) is 60.2 Å². The minimum absolute atomic E-state index is 0.122. The number of hydrogen-bond acceptors (Lipinski definition) is 6. The van der Waals surface area contributed by atoms with Crippen LogP contribution >= 0.6 is 11.3 Å². The molecule has 1 amide bonds. The van der Waals surface area contributed by atoms with Gasteiger partial charge in [0.1, 0.15) is 0 Å². The highest BCUT2D eigenvalue weighted by Crippen LogP contribution is 2.23. The van der Waals surface area contributed by atoms with Crippen LogP contribution in [0.5, 0.6) is 0 Å². The number of carbonyl (C=O) groups is 1. The Bertz CT molecular complexity index is 1110. The van der Waals surface area contributed by atoms with Gasteiger partial charge < -0.3 is 0 Å². The van der Waals surface area contributed by atoms with Gasteiger partial charge in [0.15, 0.2) is 0 Å². The molecule has 29 heavy (non-hydrogen) atoms. The van der Waals surface area contributed by atoms with E-state index in [-0.39, 0.29) is 15.4 Å². The van der Waals surface area contributed by atoms with Gasteiger partial charge in [0, 0.05) is 11.6 Å². The lowest BCUT2D eigenvalue weighted by atomic mass is 10.1. The molecule has 0 bridgehead atoms. The van der Waals surface area contributed by atoms with E-state index in [0.717, 1.165) is 28.9 Å². The highest BCUT2D eigenvalue weighted by Gasteiger charge is 2.24. The van der Waals surface area contributed by atoms with Gasteiger partial charge in [0.25, 0.3) is 15.9 Å². The summed E-state index contributed by atoms with van der Waals surface area (Å²) in [6, 6.07) is 14.4. The van der Waals surface area contributed by atoms with E-state index >= 15 is 0 Å². The molecule has 2 aromatic carbocycles. The van der Waals surface area contributed by atoms with E-state index < -0.39 is 16.1 Å². The van der Waals surface area contributed by atoms with Crippen LogP contribution in [-0.4, -0.2) is 24.5 Å². The van der Waals surface area contributed by atoms with Crippen molar-refractivity contribution in [3.63, 3.8) is 0 Å². The predicted octanol–water partition coefficient (Wildman–Crippen LogP) is 3.70. The molecule has 3 rings (SSSR count). The van der Waals surface area contributed by atoms with Gasteiger partial charge in [-0.25, -0.2) is 13.1 Å². The van der Waals surface area contributed by atoms with E-state index in [2.05, 4.69) is 27.2 Å². The fraction of sp³-hybridized carbons (Fsp3) is 0.250. The summed E-state index contributed by atoms with van der Waals surface area (Å²) < 4.78 is 27.7. The molecule has 0 radical (unpaired) electrons. The van der Waals surface area contributed by atoms with Gasteiger partial charge in [-0.15, -0.1) is 10.2 Å². The first kappa shape index (κ1) is 21.1. The molecule has 1 atom stereocenters. The number of hydrogen-bond donors (Lipinski definition) is 2. The molecule has 0 aliphatic heterocycles. The Morgan fingerprint density at radius 2 is 1.86 bits per heavy atom. The Morgan fingerprint density at radius 3 is 2.52 bits per heavy atom. The number of amides is 1. The standard InChI is InChI=1S/C20H22N4O3S2/c1-4-15-8-10-16(11-9-15)14(3)24-29(26,27)20-23-22-19(28-20)21-18(25)17-7-5-6-13(2)12-17/h5-12,14,24H,4H2,1-3H3,(H,21,22,25)/t14-/m1/s1. The predicted molar refractivity (Wildman–Crippen MR) is 114 cm³/mol.